The van der Waals surface area contributed by atoms with E-state index in [1.165, 1.54) is 6.92 Å². The maximum atomic E-state index is 11.3. The van der Waals surface area contributed by atoms with E-state index < -0.39 is 24.3 Å². The van der Waals surface area contributed by atoms with Crippen molar-refractivity contribution in [1.29, 1.82) is 0 Å². The standard InChI is InChI=1S/C10H18N2O5/c1-7(13)8(6-10(15)16)12-9(14)2-4-17-5-3-11/h8H,2-6,11H2,1H3,(H,12,14)(H,15,16). The molecule has 0 fully saturated rings. The number of nitrogens with two attached hydrogens (primary N) is 1. The molecule has 0 saturated heterocycles. The maximum Gasteiger partial charge on any atom is 0.305 e. The van der Waals surface area contributed by atoms with Crippen LogP contribution in [0.3, 0.4) is 0 Å². The monoisotopic (exact) mass is 246 g/mol. The Kier molecular flexibility index (Phi) is 7.91. The van der Waals surface area contributed by atoms with Gasteiger partial charge in [-0.05, 0) is 6.92 Å². The Labute approximate surface area is 99.3 Å². The van der Waals surface area contributed by atoms with Crippen LogP contribution in [0.5, 0.6) is 0 Å². The highest BCUT2D eigenvalue weighted by molar-refractivity contribution is 5.90. The van der Waals surface area contributed by atoms with E-state index in [9.17, 15) is 14.4 Å². The number of carbonyl (C=O) groups excluding carboxylic acids is 2. The van der Waals surface area contributed by atoms with E-state index >= 15 is 0 Å². The third-order valence-electron chi connectivity index (χ3n) is 1.94. The predicted octanol–water partition coefficient (Wildman–Crippen LogP) is -1.10. The lowest BCUT2D eigenvalue weighted by molar-refractivity contribution is -0.140. The molecule has 0 rings (SSSR count). The van der Waals surface area contributed by atoms with Gasteiger partial charge in [-0.2, -0.15) is 0 Å². The SMILES string of the molecule is CC(=O)C(CC(=O)O)NC(=O)CCOCCN. The van der Waals surface area contributed by atoms with E-state index in [4.69, 9.17) is 15.6 Å². The zero-order valence-corrected chi connectivity index (χ0v) is 9.77. The van der Waals surface area contributed by atoms with Crippen LogP contribution in [-0.2, 0) is 19.1 Å². The second kappa shape index (κ2) is 8.66. The van der Waals surface area contributed by atoms with E-state index in [1.54, 1.807) is 0 Å². The van der Waals surface area contributed by atoms with Gasteiger partial charge in [0.2, 0.25) is 5.91 Å². The molecule has 4 N–H and O–H groups in total. The van der Waals surface area contributed by atoms with Crippen LogP contribution in [0, 0.1) is 0 Å². The van der Waals surface area contributed by atoms with Crippen molar-refractivity contribution in [2.75, 3.05) is 19.8 Å². The molecule has 1 atom stereocenters. The normalized spacial score (nSPS) is 11.9. The average Bonchev–Trinajstić information content (AvgIpc) is 2.22. The van der Waals surface area contributed by atoms with Gasteiger partial charge in [-0.15, -0.1) is 0 Å². The third-order valence-corrected chi connectivity index (χ3v) is 1.94. The van der Waals surface area contributed by atoms with Crippen molar-refractivity contribution in [1.82, 2.24) is 5.32 Å². The summed E-state index contributed by atoms with van der Waals surface area (Å²) in [5.41, 5.74) is 5.19. The van der Waals surface area contributed by atoms with E-state index in [0.717, 1.165) is 0 Å². The maximum absolute atomic E-state index is 11.3. The van der Waals surface area contributed by atoms with Gasteiger partial charge >= 0.3 is 5.97 Å². The summed E-state index contributed by atoms with van der Waals surface area (Å²) in [6, 6.07) is -0.977. The van der Waals surface area contributed by atoms with Crippen LogP contribution in [0.25, 0.3) is 0 Å². The fourth-order valence-corrected chi connectivity index (χ4v) is 1.09. The summed E-state index contributed by atoms with van der Waals surface area (Å²) >= 11 is 0. The molecule has 0 aromatic heterocycles. The molecule has 7 heteroatoms. The summed E-state index contributed by atoms with van der Waals surface area (Å²) in [4.78, 5) is 32.9. The van der Waals surface area contributed by atoms with Gasteiger partial charge in [-0.3, -0.25) is 14.4 Å². The van der Waals surface area contributed by atoms with Crippen LogP contribution in [0.1, 0.15) is 19.8 Å². The van der Waals surface area contributed by atoms with Gasteiger partial charge in [0.05, 0.1) is 25.7 Å². The topological polar surface area (TPSA) is 119 Å². The number of rotatable bonds is 9. The van der Waals surface area contributed by atoms with Gasteiger partial charge in [-0.1, -0.05) is 0 Å². The van der Waals surface area contributed by atoms with Gasteiger partial charge < -0.3 is 20.9 Å². The van der Waals surface area contributed by atoms with Gasteiger partial charge in [-0.25, -0.2) is 0 Å². The molecule has 0 bridgehead atoms. The fraction of sp³-hybridized carbons (Fsp3) is 0.700. The Hall–Kier alpha value is -1.47. The quantitative estimate of drug-likeness (QED) is 0.444. The van der Waals surface area contributed by atoms with Crippen LogP contribution in [0.4, 0.5) is 0 Å². The molecular weight excluding hydrogens is 228 g/mol. The number of carboxylic acid groups (broad SMARTS) is 1. The molecule has 98 valence electrons. The largest absolute Gasteiger partial charge is 0.481 e. The molecule has 0 spiro atoms. The lowest BCUT2D eigenvalue weighted by Crippen LogP contribution is -2.41. The molecule has 0 aromatic carbocycles. The molecule has 0 aliphatic heterocycles. The van der Waals surface area contributed by atoms with Crippen LogP contribution in [-0.4, -0.2) is 48.6 Å². The number of aliphatic carboxylic acids is 1. The van der Waals surface area contributed by atoms with Crippen LogP contribution >= 0.6 is 0 Å². The number of hydrogen-bond donors (Lipinski definition) is 3. The lowest BCUT2D eigenvalue weighted by Gasteiger charge is -2.13. The molecule has 0 radical (unpaired) electrons. The van der Waals surface area contributed by atoms with Crippen molar-refractivity contribution in [2.45, 2.75) is 25.8 Å². The highest BCUT2D eigenvalue weighted by Crippen LogP contribution is 1.95. The smallest absolute Gasteiger partial charge is 0.305 e. The summed E-state index contributed by atoms with van der Waals surface area (Å²) < 4.78 is 4.99. The second-order valence-corrected chi connectivity index (χ2v) is 3.48. The van der Waals surface area contributed by atoms with Gasteiger partial charge in [0.15, 0.2) is 5.78 Å². The third kappa shape index (κ3) is 8.35. The first-order valence-electron chi connectivity index (χ1n) is 5.26. The number of carbonyl (C=O) groups is 3. The molecule has 7 nitrogen and oxygen atoms in total. The summed E-state index contributed by atoms with van der Waals surface area (Å²) in [5.74, 6) is -1.93. The number of carboxylic acids is 1. The van der Waals surface area contributed by atoms with E-state index in [0.29, 0.717) is 13.2 Å². The first-order chi connectivity index (χ1) is 7.97. The van der Waals surface area contributed by atoms with Crippen LogP contribution in [0.15, 0.2) is 0 Å². The molecule has 0 aliphatic rings. The van der Waals surface area contributed by atoms with Gasteiger partial charge in [0.25, 0.3) is 0 Å². The molecule has 0 aromatic rings. The fourth-order valence-electron chi connectivity index (χ4n) is 1.09. The minimum atomic E-state index is -1.13. The first kappa shape index (κ1) is 15.5. The Bertz CT molecular complexity index is 280. The highest BCUT2D eigenvalue weighted by Gasteiger charge is 2.19. The Morgan fingerprint density at radius 1 is 1.35 bits per heavy atom. The molecule has 17 heavy (non-hydrogen) atoms. The molecule has 1 amide bonds. The van der Waals surface area contributed by atoms with E-state index in [2.05, 4.69) is 5.32 Å². The lowest BCUT2D eigenvalue weighted by atomic mass is 10.1. The number of amides is 1. The minimum Gasteiger partial charge on any atom is -0.481 e. The van der Waals surface area contributed by atoms with Crippen LogP contribution < -0.4 is 11.1 Å². The first-order valence-corrected chi connectivity index (χ1v) is 5.26. The summed E-state index contributed by atoms with van der Waals surface area (Å²) in [6.45, 7) is 2.16. The summed E-state index contributed by atoms with van der Waals surface area (Å²) in [7, 11) is 0. The molecule has 0 aliphatic carbocycles. The number of Topliss-reactive ketones (excluding diaryl/α,β-unsaturated/α-hetero) is 1. The minimum absolute atomic E-state index is 0.0728. The zero-order chi connectivity index (χ0) is 13.3. The van der Waals surface area contributed by atoms with E-state index in [-0.39, 0.29) is 18.8 Å². The van der Waals surface area contributed by atoms with Crippen molar-refractivity contribution in [2.24, 2.45) is 5.73 Å². The summed E-state index contributed by atoms with van der Waals surface area (Å²) in [6.07, 6.45) is -0.339. The Morgan fingerprint density at radius 3 is 2.47 bits per heavy atom. The van der Waals surface area contributed by atoms with E-state index in [1.807, 2.05) is 0 Å². The number of hydrogen-bond acceptors (Lipinski definition) is 5. The number of ketones is 1. The number of nitrogens with one attached hydrogen (secondary N) is 1. The molecular formula is C10H18N2O5. The van der Waals surface area contributed by atoms with Crippen molar-refractivity contribution >= 4 is 17.7 Å². The second-order valence-electron chi connectivity index (χ2n) is 3.48. The van der Waals surface area contributed by atoms with Crippen molar-refractivity contribution in [3.63, 3.8) is 0 Å². The number of ether oxygens (including phenoxy) is 1. The summed E-state index contributed by atoms with van der Waals surface area (Å²) in [5, 5.41) is 10.9. The van der Waals surface area contributed by atoms with Gasteiger partial charge in [0.1, 0.15) is 0 Å². The molecule has 0 heterocycles. The Morgan fingerprint density at radius 2 is 2.00 bits per heavy atom. The van der Waals surface area contributed by atoms with Crippen molar-refractivity contribution < 1.29 is 24.2 Å². The Balaban J connectivity index is 3.96. The van der Waals surface area contributed by atoms with Crippen molar-refractivity contribution in [3.05, 3.63) is 0 Å². The van der Waals surface area contributed by atoms with Crippen LogP contribution in [0.2, 0.25) is 0 Å². The zero-order valence-electron chi connectivity index (χ0n) is 9.77. The molecule has 1 unspecified atom stereocenters. The average molecular weight is 246 g/mol. The highest BCUT2D eigenvalue weighted by atomic mass is 16.5. The molecule has 0 saturated carbocycles. The van der Waals surface area contributed by atoms with Gasteiger partial charge in [0, 0.05) is 13.0 Å². The van der Waals surface area contributed by atoms with Crippen molar-refractivity contribution in [3.8, 4) is 0 Å². The predicted molar refractivity (Wildman–Crippen MR) is 59.4 cm³/mol.